The molecule has 4 aromatic rings. The minimum Gasteiger partial charge on any atom is -0.482 e. The zero-order valence-corrected chi connectivity index (χ0v) is 34.9. The van der Waals surface area contributed by atoms with Crippen LogP contribution in [0.25, 0.3) is 11.1 Å². The van der Waals surface area contributed by atoms with Crippen LogP contribution in [-0.4, -0.2) is 97.9 Å². The van der Waals surface area contributed by atoms with Gasteiger partial charge in [0.2, 0.25) is 17.7 Å². The number of hydrogen-bond acceptors (Lipinski definition) is 10. The summed E-state index contributed by atoms with van der Waals surface area (Å²) >= 11 is 12.5. The third-order valence-corrected chi connectivity index (χ3v) is 12.8. The van der Waals surface area contributed by atoms with Gasteiger partial charge in [0.25, 0.3) is 5.91 Å². The van der Waals surface area contributed by atoms with Crippen molar-refractivity contribution in [2.75, 3.05) is 43.8 Å². The number of unbranched alkanes of at least 4 members (excludes halogenated alkanes) is 2. The summed E-state index contributed by atoms with van der Waals surface area (Å²) < 4.78 is 22.2. The van der Waals surface area contributed by atoms with Gasteiger partial charge in [-0.25, -0.2) is 9.37 Å². The maximum absolute atomic E-state index is 14.1. The van der Waals surface area contributed by atoms with Crippen LogP contribution in [0.3, 0.4) is 0 Å². The van der Waals surface area contributed by atoms with Crippen molar-refractivity contribution in [1.82, 2.24) is 34.8 Å². The highest BCUT2D eigenvalue weighted by atomic mass is 35.5. The highest BCUT2D eigenvalue weighted by molar-refractivity contribution is 6.36. The first-order chi connectivity index (χ1) is 28.9. The third kappa shape index (κ3) is 8.79. The maximum atomic E-state index is 14.1. The summed E-state index contributed by atoms with van der Waals surface area (Å²) in [5.41, 5.74) is 10.4. The molecule has 3 saturated heterocycles. The zero-order chi connectivity index (χ0) is 42.1. The first-order valence-electron chi connectivity index (χ1n) is 20.6. The first-order valence-corrected chi connectivity index (χ1v) is 21.3. The number of carbonyl (C=O) groups is 4. The number of fused-ring (bicyclic) bond motifs is 1. The fourth-order valence-corrected chi connectivity index (χ4v) is 9.31. The molecule has 0 spiro atoms. The molecular formula is C43H48Cl2FN9O5. The Hall–Kier alpha value is -5.25. The van der Waals surface area contributed by atoms with E-state index in [4.69, 9.17) is 33.7 Å². The normalized spacial score (nSPS) is 19.3. The quantitative estimate of drug-likeness (QED) is 0.0734. The van der Waals surface area contributed by atoms with Crippen LogP contribution in [-0.2, 0) is 20.9 Å². The molecule has 3 fully saturated rings. The summed E-state index contributed by atoms with van der Waals surface area (Å²) in [7, 11) is 0. The van der Waals surface area contributed by atoms with Gasteiger partial charge in [-0.15, -0.1) is 0 Å². The Bertz CT molecular complexity index is 2290. The van der Waals surface area contributed by atoms with Crippen LogP contribution in [0.5, 0.6) is 5.75 Å². The number of anilines is 2. The van der Waals surface area contributed by atoms with Gasteiger partial charge in [0, 0.05) is 96.5 Å². The predicted octanol–water partition coefficient (Wildman–Crippen LogP) is 6.39. The van der Waals surface area contributed by atoms with E-state index >= 15 is 0 Å². The van der Waals surface area contributed by atoms with E-state index in [1.165, 1.54) is 12.1 Å². The van der Waals surface area contributed by atoms with Crippen molar-refractivity contribution in [3.8, 4) is 16.9 Å². The van der Waals surface area contributed by atoms with Crippen LogP contribution in [0.1, 0.15) is 91.9 Å². The van der Waals surface area contributed by atoms with Gasteiger partial charge in [0.1, 0.15) is 18.0 Å². The van der Waals surface area contributed by atoms with Crippen LogP contribution in [0.4, 0.5) is 15.9 Å². The molecule has 4 N–H and O–H groups in total. The standard InChI is InChI=1S/C43H48Cl2FN9O5/c1-25(39-32(44)9-10-33(46)40(39)45)60-36-18-26(19-48-41(36)47)27-20-49-55(21-27)29-13-16-52(17-14-29)15-4-2-3-8-38(57)53-22-28(23-53)50-34-7-5-6-30-31(34)24-54(43(30)59)35-11-12-37(56)51-42(35)58/h5-7,9-10,18-21,25,28-29,35,50H,2-4,8,11-17,22-24H2,1H3,(H2,47,48)(H,51,56,58)/t25-,35?/m0/s1. The lowest BCUT2D eigenvalue weighted by molar-refractivity contribution is -0.137. The molecule has 0 radical (unpaired) electrons. The fourth-order valence-electron chi connectivity index (χ4n) is 8.63. The summed E-state index contributed by atoms with van der Waals surface area (Å²) in [6.07, 6.45) is 10.7. The average Bonchev–Trinajstić information content (AvgIpc) is 3.84. The van der Waals surface area contributed by atoms with Gasteiger partial charge in [-0.3, -0.25) is 29.2 Å². The summed E-state index contributed by atoms with van der Waals surface area (Å²) in [5.74, 6) is -0.833. The summed E-state index contributed by atoms with van der Waals surface area (Å²) in [6, 6.07) is 9.68. The molecule has 4 aliphatic rings. The van der Waals surface area contributed by atoms with Gasteiger partial charge in [-0.05, 0) is 75.9 Å². The van der Waals surface area contributed by atoms with E-state index in [0.717, 1.165) is 74.1 Å². The number of carbonyl (C=O) groups excluding carboxylic acids is 4. The zero-order valence-electron chi connectivity index (χ0n) is 33.3. The molecule has 316 valence electrons. The number of rotatable bonds is 14. The van der Waals surface area contributed by atoms with Gasteiger partial charge in [-0.2, -0.15) is 5.10 Å². The van der Waals surface area contributed by atoms with Crippen LogP contribution in [0.15, 0.2) is 55.0 Å². The monoisotopic (exact) mass is 859 g/mol. The van der Waals surface area contributed by atoms with Crippen molar-refractivity contribution in [1.29, 1.82) is 0 Å². The molecular weight excluding hydrogens is 812 g/mol. The molecule has 0 aliphatic carbocycles. The number of benzene rings is 2. The maximum Gasteiger partial charge on any atom is 0.255 e. The van der Waals surface area contributed by atoms with Crippen molar-refractivity contribution in [3.05, 3.63) is 87.5 Å². The third-order valence-electron chi connectivity index (χ3n) is 12.1. The molecule has 2 atom stereocenters. The lowest BCUT2D eigenvalue weighted by atomic mass is 10.0. The van der Waals surface area contributed by atoms with E-state index in [0.29, 0.717) is 54.4 Å². The Labute approximate surface area is 357 Å². The Morgan fingerprint density at radius 2 is 1.85 bits per heavy atom. The van der Waals surface area contributed by atoms with Crippen molar-refractivity contribution >= 4 is 58.3 Å². The number of nitrogen functional groups attached to an aromatic ring is 1. The molecule has 60 heavy (non-hydrogen) atoms. The van der Waals surface area contributed by atoms with Gasteiger partial charge < -0.3 is 30.5 Å². The molecule has 4 amide bonds. The molecule has 14 nitrogen and oxygen atoms in total. The minimum absolute atomic E-state index is 0.0859. The summed E-state index contributed by atoms with van der Waals surface area (Å²) in [5, 5.41) is 10.7. The highest BCUT2D eigenvalue weighted by Crippen LogP contribution is 2.38. The van der Waals surface area contributed by atoms with E-state index in [2.05, 4.69) is 25.6 Å². The van der Waals surface area contributed by atoms with Crippen molar-refractivity contribution in [3.63, 3.8) is 0 Å². The molecule has 4 aliphatic heterocycles. The lowest BCUT2D eigenvalue weighted by Crippen LogP contribution is -2.57. The fraction of sp³-hybridized carbons (Fsp3) is 0.442. The molecule has 1 unspecified atom stereocenters. The van der Waals surface area contributed by atoms with E-state index in [1.807, 2.05) is 34.1 Å². The molecule has 8 rings (SSSR count). The highest BCUT2D eigenvalue weighted by Gasteiger charge is 2.40. The van der Waals surface area contributed by atoms with Crippen LogP contribution in [0.2, 0.25) is 10.0 Å². The second-order valence-corrected chi connectivity index (χ2v) is 16.9. The SMILES string of the molecule is C[C@H](Oc1cc(-c2cnn(C3CCN(CCCCCC(=O)N4CC(Nc5cccc6c5CN(C5CCC(=O)NC5=O)C6=O)C4)CC3)c2)cnc1N)c1c(Cl)ccc(F)c1Cl. The van der Waals surface area contributed by atoms with Crippen LogP contribution in [0, 0.1) is 5.82 Å². The van der Waals surface area contributed by atoms with Crippen molar-refractivity contribution in [2.45, 2.75) is 89.1 Å². The number of aromatic nitrogens is 3. The minimum atomic E-state index is -0.679. The number of halogens is 3. The van der Waals surface area contributed by atoms with E-state index in [1.54, 1.807) is 30.2 Å². The van der Waals surface area contributed by atoms with Crippen LogP contribution < -0.4 is 21.1 Å². The van der Waals surface area contributed by atoms with E-state index < -0.39 is 23.9 Å². The number of likely N-dealkylation sites (tertiary alicyclic amines) is 2. The topological polar surface area (TPSA) is 168 Å². The number of nitrogens with two attached hydrogens (primary N) is 1. The number of nitrogens with one attached hydrogen (secondary N) is 2. The molecule has 0 bridgehead atoms. The number of pyridine rings is 1. The number of nitrogens with zero attached hydrogens (tertiary/aromatic N) is 6. The average molecular weight is 861 g/mol. The van der Waals surface area contributed by atoms with Crippen LogP contribution >= 0.6 is 23.2 Å². The van der Waals surface area contributed by atoms with E-state index in [9.17, 15) is 23.6 Å². The Kier molecular flexibility index (Phi) is 12.3. The molecule has 2 aromatic heterocycles. The van der Waals surface area contributed by atoms with E-state index in [-0.39, 0.29) is 47.1 Å². The van der Waals surface area contributed by atoms with Gasteiger partial charge in [-0.1, -0.05) is 35.7 Å². The summed E-state index contributed by atoms with van der Waals surface area (Å²) in [4.78, 5) is 60.4. The second kappa shape index (κ2) is 17.8. The number of hydrogen-bond donors (Lipinski definition) is 3. The summed E-state index contributed by atoms with van der Waals surface area (Å²) in [6.45, 7) is 6.18. The lowest BCUT2D eigenvalue weighted by Gasteiger charge is -2.40. The van der Waals surface area contributed by atoms with Gasteiger partial charge >= 0.3 is 0 Å². The van der Waals surface area contributed by atoms with Crippen molar-refractivity contribution in [2.24, 2.45) is 0 Å². The Balaban J connectivity index is 0.731. The number of amides is 4. The predicted molar refractivity (Wildman–Crippen MR) is 225 cm³/mol. The first kappa shape index (κ1) is 41.5. The smallest absolute Gasteiger partial charge is 0.255 e. The molecule has 2 aromatic carbocycles. The Morgan fingerprint density at radius 3 is 2.63 bits per heavy atom. The number of piperidine rings is 2. The second-order valence-electron chi connectivity index (χ2n) is 16.1. The number of ether oxygens (including phenoxy) is 1. The molecule has 17 heteroatoms. The van der Waals surface area contributed by atoms with Gasteiger partial charge in [0.15, 0.2) is 11.6 Å². The molecule has 6 heterocycles. The molecule has 0 saturated carbocycles. The van der Waals surface area contributed by atoms with Crippen molar-refractivity contribution < 1.29 is 28.3 Å². The Morgan fingerprint density at radius 1 is 1.05 bits per heavy atom. The largest absolute Gasteiger partial charge is 0.482 e. The van der Waals surface area contributed by atoms with Gasteiger partial charge in [0.05, 0.1) is 23.3 Å². The number of imide groups is 1.